The summed E-state index contributed by atoms with van der Waals surface area (Å²) >= 11 is 0. The number of fused-ring (bicyclic) bond motifs is 1. The number of nitrogens with zero attached hydrogens (tertiary/aromatic N) is 5. The zero-order valence-corrected chi connectivity index (χ0v) is 16.2. The van der Waals surface area contributed by atoms with Gasteiger partial charge < -0.3 is 4.55 Å². The Labute approximate surface area is 166 Å². The second-order valence-electron chi connectivity index (χ2n) is 6.69. The summed E-state index contributed by atoms with van der Waals surface area (Å²) in [6.45, 7) is 2.16. The molecular weight excluding hydrogens is 398 g/mol. The minimum atomic E-state index is -3.71. The number of nitro groups is 1. The number of aromatic nitrogens is 3. The monoisotopic (exact) mass is 415 g/mol. The number of rotatable bonds is 4. The van der Waals surface area contributed by atoms with Gasteiger partial charge in [0.2, 0.25) is 0 Å². The highest BCUT2D eigenvalue weighted by Crippen LogP contribution is 2.25. The van der Waals surface area contributed by atoms with Gasteiger partial charge in [-0.3, -0.25) is 14.7 Å². The fraction of sp³-hybridized carbons (Fsp3) is 0.222. The van der Waals surface area contributed by atoms with Gasteiger partial charge in [0.15, 0.2) is 21.1 Å². The van der Waals surface area contributed by atoms with Crippen molar-refractivity contribution in [3.05, 3.63) is 80.5 Å². The highest BCUT2D eigenvalue weighted by atomic mass is 32.3. The van der Waals surface area contributed by atoms with Gasteiger partial charge in [-0.05, 0) is 31.2 Å². The first-order valence-electron chi connectivity index (χ1n) is 8.78. The first-order chi connectivity index (χ1) is 13.8. The number of non-ortho nitro benzene ring substituents is 1. The molecule has 1 aliphatic rings. The van der Waals surface area contributed by atoms with Crippen molar-refractivity contribution in [1.29, 1.82) is 0 Å². The third-order valence-corrected chi connectivity index (χ3v) is 6.65. The summed E-state index contributed by atoms with van der Waals surface area (Å²) < 4.78 is 29.7. The van der Waals surface area contributed by atoms with E-state index in [9.17, 15) is 23.7 Å². The second-order valence-corrected chi connectivity index (χ2v) is 8.63. The fourth-order valence-electron chi connectivity index (χ4n) is 3.18. The van der Waals surface area contributed by atoms with Crippen LogP contribution in [0.5, 0.6) is 0 Å². The van der Waals surface area contributed by atoms with Crippen molar-refractivity contribution in [3.63, 3.8) is 0 Å². The molecule has 0 saturated carbocycles. The number of benzene rings is 2. The molecule has 10 nitrogen and oxygen atoms in total. The Morgan fingerprint density at radius 1 is 1.07 bits per heavy atom. The zero-order chi connectivity index (χ0) is 20.8. The van der Waals surface area contributed by atoms with E-state index in [0.717, 1.165) is 10.2 Å². The van der Waals surface area contributed by atoms with E-state index in [1.54, 1.807) is 24.3 Å². The molecule has 0 saturated heterocycles. The van der Waals surface area contributed by atoms with Crippen LogP contribution in [0.3, 0.4) is 0 Å². The van der Waals surface area contributed by atoms with Gasteiger partial charge in [0.1, 0.15) is 6.54 Å². The van der Waals surface area contributed by atoms with E-state index >= 15 is 0 Å². The molecule has 2 heterocycles. The van der Waals surface area contributed by atoms with Crippen LogP contribution in [-0.4, -0.2) is 34.7 Å². The number of sulfonamides is 1. The van der Waals surface area contributed by atoms with Crippen molar-refractivity contribution in [1.82, 2.24) is 18.7 Å². The first-order valence-corrected chi connectivity index (χ1v) is 10.2. The molecule has 0 spiro atoms. The third kappa shape index (κ3) is 3.39. The first kappa shape index (κ1) is 19.2. The average Bonchev–Trinajstić information content (AvgIpc) is 3.04. The lowest BCUT2D eigenvalue weighted by Crippen LogP contribution is -2.43. The Balaban J connectivity index is 1.64. The van der Waals surface area contributed by atoms with Gasteiger partial charge in [0, 0.05) is 18.7 Å². The highest BCUT2D eigenvalue weighted by molar-refractivity contribution is 7.95. The molecule has 1 aliphatic heterocycles. The predicted molar refractivity (Wildman–Crippen MR) is 103 cm³/mol. The molecule has 0 bridgehead atoms. The van der Waals surface area contributed by atoms with Crippen molar-refractivity contribution in [2.24, 2.45) is 0 Å². The van der Waals surface area contributed by atoms with Gasteiger partial charge in [0.05, 0.1) is 17.2 Å². The van der Waals surface area contributed by atoms with Gasteiger partial charge in [-0.2, -0.15) is 4.68 Å². The molecule has 0 radical (unpaired) electrons. The smallest absolute Gasteiger partial charge is 0.350 e. The van der Waals surface area contributed by atoms with E-state index in [1.807, 2.05) is 6.92 Å². The predicted octanol–water partition coefficient (Wildman–Crippen LogP) is 1.67. The summed E-state index contributed by atoms with van der Waals surface area (Å²) in [5, 5.41) is 15.1. The fourth-order valence-corrected chi connectivity index (χ4v) is 4.56. The Hall–Kier alpha value is -3.15. The average molecular weight is 415 g/mol. The van der Waals surface area contributed by atoms with Crippen LogP contribution in [0, 0.1) is 17.0 Å². The molecule has 4 rings (SSSR count). The lowest BCUT2D eigenvalue weighted by Gasteiger charge is -2.29. The molecule has 0 fully saturated rings. The lowest BCUT2D eigenvalue weighted by atomic mass is 10.2. The van der Waals surface area contributed by atoms with E-state index in [2.05, 4.69) is 5.10 Å². The molecule has 29 heavy (non-hydrogen) atoms. The minimum absolute atomic E-state index is 0.0363. The van der Waals surface area contributed by atoms with Gasteiger partial charge >= 0.3 is 5.69 Å². The largest absolute Gasteiger partial charge is 0.593 e. The third-order valence-electron chi connectivity index (χ3n) is 4.79. The maximum Gasteiger partial charge on any atom is 0.350 e. The van der Waals surface area contributed by atoms with Crippen LogP contribution in [0.25, 0.3) is 5.69 Å². The molecule has 0 amide bonds. The van der Waals surface area contributed by atoms with Crippen molar-refractivity contribution in [2.45, 2.75) is 24.9 Å². The molecule has 3 aromatic rings. The molecule has 1 unspecified atom stereocenters. The standard InChI is InChI=1S/C18H17N5O5S/c1-13-2-8-16(9-3-13)29(27,28)20-10-11-21-17(12-20)19-22(18(21)24)14-4-6-15(7-5-14)23(25)26/h2-9H,10-12H2,1H3. The summed E-state index contributed by atoms with van der Waals surface area (Å²) in [7, 11) is -3.71. The summed E-state index contributed by atoms with van der Waals surface area (Å²) in [6, 6.07) is 12.0. The van der Waals surface area contributed by atoms with Crippen molar-refractivity contribution in [3.8, 4) is 5.69 Å². The molecule has 11 heteroatoms. The molecule has 1 aromatic heterocycles. The summed E-state index contributed by atoms with van der Waals surface area (Å²) in [5.41, 5.74) is 0.816. The normalized spacial score (nSPS) is 16.2. The van der Waals surface area contributed by atoms with Crippen molar-refractivity contribution >= 4 is 16.1 Å². The van der Waals surface area contributed by atoms with Crippen LogP contribution >= 0.6 is 0 Å². The van der Waals surface area contributed by atoms with Crippen molar-refractivity contribution < 1.29 is 13.7 Å². The van der Waals surface area contributed by atoms with Crippen LogP contribution in [0.15, 0.2) is 58.2 Å². The van der Waals surface area contributed by atoms with E-state index < -0.39 is 21.0 Å². The molecule has 150 valence electrons. The molecule has 0 aliphatic carbocycles. The van der Waals surface area contributed by atoms with Gasteiger partial charge in [-0.15, -0.1) is 9.40 Å². The van der Waals surface area contributed by atoms with Gasteiger partial charge in [-0.1, -0.05) is 21.9 Å². The summed E-state index contributed by atoms with van der Waals surface area (Å²) in [5.74, 6) is 0.315. The van der Waals surface area contributed by atoms with E-state index in [0.29, 0.717) is 11.5 Å². The molecule has 0 N–H and O–H groups in total. The van der Waals surface area contributed by atoms with Gasteiger partial charge in [0.25, 0.3) is 5.69 Å². The Kier molecular flexibility index (Phi) is 4.65. The van der Waals surface area contributed by atoms with Crippen LogP contribution in [0.1, 0.15) is 11.4 Å². The number of hydrogen-bond donors (Lipinski definition) is 0. The SMILES string of the molecule is Cc1ccc([S+](=O)([O-])N2CCn3c(nn(-c4ccc([N+](=O)[O-])cc4)c3=O)C2)cc1. The number of aryl methyl sites for hydroxylation is 1. The summed E-state index contributed by atoms with van der Waals surface area (Å²) in [6.07, 6.45) is 0. The highest BCUT2D eigenvalue weighted by Gasteiger charge is 2.35. The molecule has 2 aromatic carbocycles. The van der Waals surface area contributed by atoms with Crippen molar-refractivity contribution in [2.75, 3.05) is 6.54 Å². The topological polar surface area (TPSA) is 126 Å². The second kappa shape index (κ2) is 7.03. The van der Waals surface area contributed by atoms with Crippen LogP contribution in [0.4, 0.5) is 5.69 Å². The summed E-state index contributed by atoms with van der Waals surface area (Å²) in [4.78, 5) is 23.1. The number of hydrogen-bond acceptors (Lipinski definition) is 6. The molecule has 1 atom stereocenters. The Bertz CT molecular complexity index is 1180. The van der Waals surface area contributed by atoms with E-state index in [-0.39, 0.29) is 30.2 Å². The maximum atomic E-state index is 12.9. The number of nitro benzene ring substituents is 1. The van der Waals surface area contributed by atoms with Gasteiger partial charge in [-0.25, -0.2) is 4.79 Å². The van der Waals surface area contributed by atoms with Crippen LogP contribution < -0.4 is 5.69 Å². The Morgan fingerprint density at radius 2 is 1.72 bits per heavy atom. The van der Waals surface area contributed by atoms with E-state index in [4.69, 9.17) is 0 Å². The zero-order valence-electron chi connectivity index (χ0n) is 15.4. The molecular formula is C18H17N5O5S. The van der Waals surface area contributed by atoms with E-state index in [1.165, 1.54) is 33.1 Å². The Morgan fingerprint density at radius 3 is 2.34 bits per heavy atom. The quantitative estimate of drug-likeness (QED) is 0.362. The lowest BCUT2D eigenvalue weighted by molar-refractivity contribution is -0.384. The minimum Gasteiger partial charge on any atom is -0.593 e. The van der Waals surface area contributed by atoms with Crippen LogP contribution in [0.2, 0.25) is 0 Å². The maximum absolute atomic E-state index is 12.9. The van der Waals surface area contributed by atoms with Crippen LogP contribution in [-0.2, 0) is 27.7 Å².